The first-order valence-electron chi connectivity index (χ1n) is 24.7. The van der Waals surface area contributed by atoms with Crippen molar-refractivity contribution < 1.29 is 36.9 Å². The molecule has 1 aromatic heterocycles. The lowest BCUT2D eigenvalue weighted by Crippen LogP contribution is -2.49. The third kappa shape index (κ3) is 9.94. The van der Waals surface area contributed by atoms with E-state index in [0.717, 1.165) is 111 Å². The van der Waals surface area contributed by atoms with Crippen LogP contribution < -0.4 is 19.6 Å². The molecule has 6 aromatic rings. The van der Waals surface area contributed by atoms with Crippen LogP contribution in [0.3, 0.4) is 0 Å². The Bertz CT molecular complexity index is 3410. The van der Waals surface area contributed by atoms with E-state index >= 15 is 0 Å². The second-order valence-electron chi connectivity index (χ2n) is 18.4. The Morgan fingerprint density at radius 1 is 0.704 bits per heavy atom. The summed E-state index contributed by atoms with van der Waals surface area (Å²) in [7, 11) is -4.36. The van der Waals surface area contributed by atoms with Crippen molar-refractivity contribution in [1.29, 1.82) is 0 Å². The number of carbonyl (C=O) groups is 3. The van der Waals surface area contributed by atoms with E-state index in [4.69, 9.17) is 4.42 Å². The first-order chi connectivity index (χ1) is 34.4. The number of amides is 2. The zero-order valence-corrected chi connectivity index (χ0v) is 41.7. The van der Waals surface area contributed by atoms with Gasteiger partial charge in [0.25, 0.3) is 21.8 Å². The van der Waals surface area contributed by atoms with E-state index in [-0.39, 0.29) is 29.3 Å². The first-order valence-corrected chi connectivity index (χ1v) is 26.1. The number of para-hydroxylation sites is 2. The van der Waals surface area contributed by atoms with Crippen molar-refractivity contribution in [1.82, 2.24) is 18.7 Å². The van der Waals surface area contributed by atoms with Gasteiger partial charge in [-0.15, -0.1) is 0 Å². The van der Waals surface area contributed by atoms with E-state index in [1.807, 2.05) is 78.6 Å². The van der Waals surface area contributed by atoms with E-state index in [0.29, 0.717) is 36.0 Å². The van der Waals surface area contributed by atoms with Crippen LogP contribution in [0.5, 0.6) is 0 Å². The largest absolute Gasteiger partial charge is 0.550 e. The molecule has 5 aromatic carbocycles. The number of aliphatic carboxylic acids is 1. The fourth-order valence-corrected chi connectivity index (χ4v) is 11.6. The fraction of sp³-hybridized carbons (Fsp3) is 0.293. The molecule has 0 unspecified atom stereocenters. The van der Waals surface area contributed by atoms with Crippen LogP contribution in [0.4, 0.5) is 0 Å². The molecular formula is C58H60N5O7S+. The molecular weight excluding hydrogens is 911 g/mol. The SMILES string of the molecule is CC[N+](CC)=c1ccc2c(-c3ccccc3C(=O)N3CCN(CCCC[n+]4c5ccccc5c(C(=O)N(CCCC(=O)[O-])S(=O)(=O)c5ccc(C)cc5)c5ccccc54)CC3)c3ccc(C)cc3oc-2c1. The molecule has 0 N–H and O–H groups in total. The van der Waals surface area contributed by atoms with Gasteiger partial charge in [-0.25, -0.2) is 17.3 Å². The normalized spacial score (nSPS) is 13.3. The number of aromatic nitrogens is 1. The van der Waals surface area contributed by atoms with Crippen LogP contribution >= 0.6 is 0 Å². The number of unbranched alkanes of at least 4 members (excludes halogenated alkanes) is 1. The van der Waals surface area contributed by atoms with Crippen LogP contribution in [0.15, 0.2) is 143 Å². The van der Waals surface area contributed by atoms with Gasteiger partial charge in [0.05, 0.1) is 27.3 Å². The van der Waals surface area contributed by atoms with Gasteiger partial charge >= 0.3 is 0 Å². The highest BCUT2D eigenvalue weighted by Crippen LogP contribution is 2.41. The van der Waals surface area contributed by atoms with Crippen LogP contribution in [-0.4, -0.2) is 92.7 Å². The minimum atomic E-state index is -4.36. The predicted molar refractivity (Wildman–Crippen MR) is 276 cm³/mol. The van der Waals surface area contributed by atoms with Gasteiger partial charge in [-0.3, -0.25) is 14.5 Å². The summed E-state index contributed by atoms with van der Waals surface area (Å²) in [4.78, 5) is 45.1. The number of rotatable bonds is 16. The molecule has 2 aliphatic heterocycles. The number of hydrogen-bond donors (Lipinski definition) is 0. The maximum Gasteiger partial charge on any atom is 0.269 e. The molecule has 3 aliphatic rings. The van der Waals surface area contributed by atoms with E-state index in [9.17, 15) is 27.9 Å². The minimum Gasteiger partial charge on any atom is -0.550 e. The number of nitrogens with zero attached hydrogens (tertiary/aromatic N) is 5. The Hall–Kier alpha value is -7.22. The molecule has 0 atom stereocenters. The molecule has 0 bridgehead atoms. The first kappa shape index (κ1) is 48.8. The van der Waals surface area contributed by atoms with Crippen LogP contribution in [-0.2, 0) is 21.4 Å². The lowest BCUT2D eigenvalue weighted by Gasteiger charge is -2.35. The van der Waals surface area contributed by atoms with Crippen molar-refractivity contribution in [2.75, 3.05) is 52.4 Å². The second kappa shape index (κ2) is 21.0. The minimum absolute atomic E-state index is 0.0136. The summed E-state index contributed by atoms with van der Waals surface area (Å²) in [5.41, 5.74) is 8.07. The standard InChI is InChI=1S/C58H60N5O7S/c1-5-60(6-2)42-26-30-49-53(39-42)70-52-38-41(4)25-29-48(52)55(49)44-16-7-8-17-45(44)57(66)61-36-34-59(35-37-61)31-13-14-32-62-50-20-11-9-18-46(50)56(47-19-10-12-21-51(47)62)58(67)63(33-15-22-54(64)65)71(68,69)43-27-23-40(3)24-28-43/h7-12,16-21,23-30,38-39H,5-6,13-15,22,31-37H2,1-4H3/q+1. The smallest absolute Gasteiger partial charge is 0.269 e. The van der Waals surface area contributed by atoms with Crippen LogP contribution in [0.1, 0.15) is 71.4 Å². The average molecular weight is 971 g/mol. The molecule has 12 nitrogen and oxygen atoms in total. The molecule has 0 spiro atoms. The molecule has 364 valence electrons. The van der Waals surface area contributed by atoms with Crippen molar-refractivity contribution in [3.8, 4) is 22.5 Å². The van der Waals surface area contributed by atoms with Gasteiger partial charge in [-0.2, -0.15) is 4.57 Å². The number of carbonyl (C=O) groups excluding carboxylic acids is 3. The number of hydrogen-bond acceptors (Lipinski definition) is 8. The topological polar surface area (TPSA) is 138 Å². The average Bonchev–Trinajstić information content (AvgIpc) is 3.38. The van der Waals surface area contributed by atoms with E-state index in [2.05, 4.69) is 77.3 Å². The van der Waals surface area contributed by atoms with Crippen LogP contribution in [0.2, 0.25) is 0 Å². The summed E-state index contributed by atoms with van der Waals surface area (Å²) < 4.78 is 40.3. The Morgan fingerprint density at radius 3 is 2.03 bits per heavy atom. The van der Waals surface area contributed by atoms with Crippen molar-refractivity contribution in [3.05, 3.63) is 161 Å². The monoisotopic (exact) mass is 970 g/mol. The number of sulfonamides is 1. The Kier molecular flexibility index (Phi) is 14.4. The molecule has 0 saturated carbocycles. The van der Waals surface area contributed by atoms with Gasteiger partial charge in [0.15, 0.2) is 0 Å². The molecule has 71 heavy (non-hydrogen) atoms. The zero-order valence-electron chi connectivity index (χ0n) is 40.9. The molecule has 1 fully saturated rings. The summed E-state index contributed by atoms with van der Waals surface area (Å²) in [6.07, 6.45) is 1.23. The van der Waals surface area contributed by atoms with E-state index in [1.165, 1.54) is 12.1 Å². The van der Waals surface area contributed by atoms with Gasteiger partial charge in [0.1, 0.15) is 31.0 Å². The van der Waals surface area contributed by atoms with Crippen molar-refractivity contribution >= 4 is 60.6 Å². The number of benzene rings is 6. The number of piperazine rings is 1. The third-order valence-electron chi connectivity index (χ3n) is 13.9. The summed E-state index contributed by atoms with van der Waals surface area (Å²) in [5.74, 6) is -1.24. The Balaban J connectivity index is 0.915. The Morgan fingerprint density at radius 2 is 1.35 bits per heavy atom. The highest BCUT2D eigenvalue weighted by atomic mass is 32.2. The molecule has 2 amide bonds. The van der Waals surface area contributed by atoms with Gasteiger partial charge in [-0.05, 0) is 107 Å². The maximum atomic E-state index is 14.8. The summed E-state index contributed by atoms with van der Waals surface area (Å²) in [5, 5.41) is 14.7. The predicted octanol–water partition coefficient (Wildman–Crippen LogP) is 7.83. The van der Waals surface area contributed by atoms with Gasteiger partial charge in [0.2, 0.25) is 16.4 Å². The molecule has 3 heterocycles. The van der Waals surface area contributed by atoms with Crippen molar-refractivity contribution in [2.45, 2.75) is 64.8 Å². The summed E-state index contributed by atoms with van der Waals surface area (Å²) in [6, 6.07) is 41.9. The number of carboxylic acids is 1. The second-order valence-corrected chi connectivity index (χ2v) is 20.3. The maximum absolute atomic E-state index is 14.8. The zero-order chi connectivity index (χ0) is 49.8. The lowest BCUT2D eigenvalue weighted by atomic mass is 9.90. The Labute approximate surface area is 415 Å². The fourth-order valence-electron chi connectivity index (χ4n) is 10.1. The highest BCUT2D eigenvalue weighted by Gasteiger charge is 2.34. The van der Waals surface area contributed by atoms with Crippen LogP contribution in [0, 0.1) is 13.8 Å². The number of carboxylic acid groups (broad SMARTS) is 1. The molecule has 1 saturated heterocycles. The van der Waals surface area contributed by atoms with E-state index < -0.39 is 28.3 Å². The highest BCUT2D eigenvalue weighted by molar-refractivity contribution is 7.89. The van der Waals surface area contributed by atoms with Crippen molar-refractivity contribution in [2.24, 2.45) is 0 Å². The van der Waals surface area contributed by atoms with Gasteiger partial charge in [0, 0.05) is 85.4 Å². The van der Waals surface area contributed by atoms with Crippen molar-refractivity contribution in [3.63, 3.8) is 0 Å². The van der Waals surface area contributed by atoms with E-state index in [1.54, 1.807) is 12.1 Å². The van der Waals surface area contributed by atoms with Gasteiger partial charge < -0.3 is 19.2 Å². The number of aryl methyl sites for hydroxylation is 3. The number of fused-ring (bicyclic) bond motifs is 4. The quantitative estimate of drug-likeness (QED) is 0.0543. The molecule has 0 radical (unpaired) electrons. The summed E-state index contributed by atoms with van der Waals surface area (Å²) >= 11 is 0. The molecule has 13 heteroatoms. The van der Waals surface area contributed by atoms with Gasteiger partial charge in [-0.1, -0.05) is 72.3 Å². The lowest BCUT2D eigenvalue weighted by molar-refractivity contribution is -0.645. The number of pyridine rings is 1. The molecule has 9 rings (SSSR count). The third-order valence-corrected chi connectivity index (χ3v) is 15.7. The summed E-state index contributed by atoms with van der Waals surface area (Å²) in [6.45, 7) is 13.8. The van der Waals surface area contributed by atoms with Crippen LogP contribution in [0.25, 0.3) is 55.2 Å². The molecule has 1 aliphatic carbocycles.